The van der Waals surface area contributed by atoms with Gasteiger partial charge in [-0.1, -0.05) is 71.7 Å². The maximum atomic E-state index is 13.8. The van der Waals surface area contributed by atoms with Gasteiger partial charge in [0.2, 0.25) is 0 Å². The number of benzene rings is 4. The fraction of sp³-hybridized carbons (Fsp3) is 0.0690. The van der Waals surface area contributed by atoms with Gasteiger partial charge in [-0.2, -0.15) is 0 Å². The van der Waals surface area contributed by atoms with E-state index < -0.39 is 16.0 Å². The van der Waals surface area contributed by atoms with Crippen LogP contribution in [-0.4, -0.2) is 25.5 Å². The number of halogens is 2. The summed E-state index contributed by atoms with van der Waals surface area (Å²) in [6.07, 6.45) is 0. The minimum absolute atomic E-state index is 0.0357. The number of esters is 1. The highest BCUT2D eigenvalue weighted by molar-refractivity contribution is 7.90. The van der Waals surface area contributed by atoms with Crippen LogP contribution in [0.5, 0.6) is 5.75 Å². The molecule has 38 heavy (non-hydrogen) atoms. The molecule has 0 bridgehead atoms. The van der Waals surface area contributed by atoms with Gasteiger partial charge in [0.25, 0.3) is 10.0 Å². The quantitative estimate of drug-likeness (QED) is 0.195. The van der Waals surface area contributed by atoms with Crippen LogP contribution in [0.2, 0.25) is 10.0 Å². The molecule has 192 valence electrons. The second-order valence-corrected chi connectivity index (χ2v) is 11.0. The van der Waals surface area contributed by atoms with Crippen LogP contribution in [-0.2, 0) is 21.4 Å². The molecule has 0 radical (unpaired) electrons. The zero-order valence-electron chi connectivity index (χ0n) is 20.1. The smallest absolute Gasteiger partial charge is 0.355 e. The number of rotatable bonds is 7. The lowest BCUT2D eigenvalue weighted by Crippen LogP contribution is -2.19. The van der Waals surface area contributed by atoms with Crippen molar-refractivity contribution in [3.8, 4) is 16.9 Å². The van der Waals surface area contributed by atoms with Gasteiger partial charge in [0.15, 0.2) is 0 Å². The molecule has 0 amide bonds. The predicted octanol–water partition coefficient (Wildman–Crippen LogP) is 7.22. The number of methoxy groups -OCH3 is 1. The normalized spacial score (nSPS) is 11.4. The third-order valence-electron chi connectivity index (χ3n) is 6.07. The minimum atomic E-state index is -4.15. The molecule has 0 aliphatic rings. The van der Waals surface area contributed by atoms with Crippen LogP contribution in [0.4, 0.5) is 0 Å². The summed E-state index contributed by atoms with van der Waals surface area (Å²) in [4.78, 5) is 12.7. The summed E-state index contributed by atoms with van der Waals surface area (Å²) in [5.41, 5.74) is 2.64. The Morgan fingerprint density at radius 3 is 2.13 bits per heavy atom. The summed E-state index contributed by atoms with van der Waals surface area (Å²) in [6, 6.07) is 27.6. The number of carbonyl (C=O) groups excluding carboxylic acids is 1. The Labute approximate surface area is 230 Å². The van der Waals surface area contributed by atoms with E-state index in [0.717, 1.165) is 15.1 Å². The lowest BCUT2D eigenvalue weighted by Gasteiger charge is -2.12. The van der Waals surface area contributed by atoms with Gasteiger partial charge in [0, 0.05) is 21.0 Å². The van der Waals surface area contributed by atoms with Crippen LogP contribution in [0, 0.1) is 0 Å². The Kier molecular flexibility index (Phi) is 7.17. The third-order valence-corrected chi connectivity index (χ3v) is 8.52. The number of nitrogens with zero attached hydrogens (tertiary/aromatic N) is 1. The van der Waals surface area contributed by atoms with Gasteiger partial charge in [0.1, 0.15) is 18.1 Å². The van der Waals surface area contributed by atoms with Gasteiger partial charge in [-0.3, -0.25) is 0 Å². The van der Waals surface area contributed by atoms with E-state index in [9.17, 15) is 13.2 Å². The number of fused-ring (bicyclic) bond motifs is 1. The van der Waals surface area contributed by atoms with Crippen molar-refractivity contribution in [2.24, 2.45) is 0 Å². The molecule has 0 atom stereocenters. The van der Waals surface area contributed by atoms with E-state index in [2.05, 4.69) is 0 Å². The van der Waals surface area contributed by atoms with E-state index in [-0.39, 0.29) is 17.2 Å². The summed E-state index contributed by atoms with van der Waals surface area (Å²) < 4.78 is 39.3. The fourth-order valence-electron chi connectivity index (χ4n) is 4.15. The monoisotopic (exact) mass is 565 g/mol. The molecule has 0 aliphatic heterocycles. The maximum absolute atomic E-state index is 13.8. The number of hydrogen-bond donors (Lipinski definition) is 0. The van der Waals surface area contributed by atoms with Crippen LogP contribution in [0.25, 0.3) is 22.0 Å². The summed E-state index contributed by atoms with van der Waals surface area (Å²) in [5.74, 6) is -0.331. The first kappa shape index (κ1) is 25.9. The lowest BCUT2D eigenvalue weighted by molar-refractivity contribution is 0.0593. The molecule has 1 aromatic heterocycles. The lowest BCUT2D eigenvalue weighted by atomic mass is 10.1. The minimum Gasteiger partial charge on any atom is -0.489 e. The molecule has 0 saturated carbocycles. The standard InChI is InChI=1S/C29H21Cl2NO5S/c1-36-29(33)28-17-21-16-22(37-18-24-25(30)8-5-9-26(24)31)12-15-27(21)32(28)38(34,35)23-13-10-20(11-14-23)19-6-3-2-4-7-19/h2-17H,18H2,1H3. The molecule has 0 spiro atoms. The molecule has 5 aromatic rings. The van der Waals surface area contributed by atoms with Crippen molar-refractivity contribution in [1.82, 2.24) is 3.97 Å². The number of hydrogen-bond acceptors (Lipinski definition) is 5. The molecule has 0 fully saturated rings. The zero-order valence-corrected chi connectivity index (χ0v) is 22.4. The average molecular weight is 566 g/mol. The Morgan fingerprint density at radius 1 is 0.816 bits per heavy atom. The molecule has 0 unspecified atom stereocenters. The summed E-state index contributed by atoms with van der Waals surface area (Å²) in [5, 5.41) is 1.43. The maximum Gasteiger partial charge on any atom is 0.355 e. The molecule has 6 nitrogen and oxygen atoms in total. The number of ether oxygens (including phenoxy) is 2. The topological polar surface area (TPSA) is 74.6 Å². The summed E-state index contributed by atoms with van der Waals surface area (Å²) >= 11 is 12.5. The second kappa shape index (κ2) is 10.5. The molecular weight excluding hydrogens is 545 g/mol. The summed E-state index contributed by atoms with van der Waals surface area (Å²) in [6.45, 7) is 0.112. The molecule has 0 aliphatic carbocycles. The number of carbonyl (C=O) groups is 1. The Bertz CT molecular complexity index is 1730. The predicted molar refractivity (Wildman–Crippen MR) is 149 cm³/mol. The van der Waals surface area contributed by atoms with E-state index >= 15 is 0 Å². The Balaban J connectivity index is 1.53. The second-order valence-electron chi connectivity index (χ2n) is 8.39. The molecule has 9 heteroatoms. The van der Waals surface area contributed by atoms with Crippen molar-refractivity contribution in [3.05, 3.63) is 118 Å². The first-order valence-corrected chi connectivity index (χ1v) is 13.7. The molecule has 0 N–H and O–H groups in total. The van der Waals surface area contributed by atoms with Gasteiger partial charge in [-0.15, -0.1) is 0 Å². The highest BCUT2D eigenvalue weighted by Gasteiger charge is 2.27. The van der Waals surface area contributed by atoms with Gasteiger partial charge in [-0.05, 0) is 59.7 Å². The average Bonchev–Trinajstić information content (AvgIpc) is 3.33. The van der Waals surface area contributed by atoms with Crippen LogP contribution in [0.1, 0.15) is 16.1 Å². The van der Waals surface area contributed by atoms with Gasteiger partial charge >= 0.3 is 5.97 Å². The van der Waals surface area contributed by atoms with Crippen molar-refractivity contribution >= 4 is 50.1 Å². The SMILES string of the molecule is COC(=O)c1cc2cc(OCc3c(Cl)cccc3Cl)ccc2n1S(=O)(=O)c1ccc(-c2ccccc2)cc1. The zero-order chi connectivity index (χ0) is 26.9. The van der Waals surface area contributed by atoms with Crippen molar-refractivity contribution in [1.29, 1.82) is 0 Å². The highest BCUT2D eigenvalue weighted by Crippen LogP contribution is 2.31. The largest absolute Gasteiger partial charge is 0.489 e. The molecule has 4 aromatic carbocycles. The van der Waals surface area contributed by atoms with E-state index in [1.165, 1.54) is 25.3 Å². The van der Waals surface area contributed by atoms with E-state index in [1.54, 1.807) is 48.5 Å². The van der Waals surface area contributed by atoms with E-state index in [4.69, 9.17) is 32.7 Å². The highest BCUT2D eigenvalue weighted by atomic mass is 35.5. The molecule has 5 rings (SSSR count). The first-order valence-electron chi connectivity index (χ1n) is 11.5. The summed E-state index contributed by atoms with van der Waals surface area (Å²) in [7, 11) is -2.94. The van der Waals surface area contributed by atoms with E-state index in [1.807, 2.05) is 30.3 Å². The van der Waals surface area contributed by atoms with Crippen LogP contribution in [0.15, 0.2) is 102 Å². The van der Waals surface area contributed by atoms with Crippen molar-refractivity contribution in [2.45, 2.75) is 11.5 Å². The van der Waals surface area contributed by atoms with Crippen molar-refractivity contribution < 1.29 is 22.7 Å². The Hall–Kier alpha value is -3.78. The first-order chi connectivity index (χ1) is 18.3. The van der Waals surface area contributed by atoms with Crippen LogP contribution >= 0.6 is 23.2 Å². The van der Waals surface area contributed by atoms with Gasteiger partial charge in [0.05, 0.1) is 17.5 Å². The van der Waals surface area contributed by atoms with E-state index in [0.29, 0.717) is 32.3 Å². The molecular formula is C29H21Cl2NO5S. The molecule has 0 saturated heterocycles. The fourth-order valence-corrected chi connectivity index (χ4v) is 6.15. The van der Waals surface area contributed by atoms with Crippen LogP contribution in [0.3, 0.4) is 0 Å². The van der Waals surface area contributed by atoms with Crippen LogP contribution < -0.4 is 4.74 Å². The molecule has 1 heterocycles. The van der Waals surface area contributed by atoms with Crippen molar-refractivity contribution in [2.75, 3.05) is 7.11 Å². The Morgan fingerprint density at radius 2 is 1.47 bits per heavy atom. The third kappa shape index (κ3) is 4.88. The van der Waals surface area contributed by atoms with Gasteiger partial charge in [-0.25, -0.2) is 17.2 Å². The van der Waals surface area contributed by atoms with Crippen molar-refractivity contribution in [3.63, 3.8) is 0 Å². The van der Waals surface area contributed by atoms with Gasteiger partial charge < -0.3 is 9.47 Å². The number of aromatic nitrogens is 1.